The molecule has 2 heterocycles. The molecule has 3 N–H and O–H groups in total. The fourth-order valence-corrected chi connectivity index (χ4v) is 7.97. The fourth-order valence-electron chi connectivity index (χ4n) is 7.55. The van der Waals surface area contributed by atoms with Gasteiger partial charge in [0.05, 0.1) is 22.6 Å². The van der Waals surface area contributed by atoms with Gasteiger partial charge in [0.25, 0.3) is 0 Å². The van der Waals surface area contributed by atoms with Crippen molar-refractivity contribution in [2.24, 2.45) is 23.7 Å². The van der Waals surface area contributed by atoms with Crippen molar-refractivity contribution in [3.05, 3.63) is 89.1 Å². The zero-order chi connectivity index (χ0) is 39.2. The Kier molecular flexibility index (Phi) is 13.1. The number of hydrogen-bond donors (Lipinski definition) is 3. The van der Waals surface area contributed by atoms with E-state index in [0.29, 0.717) is 41.1 Å². The number of Topliss-reactive ketones (excluding diaryl/α,β-unsaturated/α-hetero) is 2. The van der Waals surface area contributed by atoms with E-state index in [-0.39, 0.29) is 78.9 Å². The van der Waals surface area contributed by atoms with Gasteiger partial charge in [-0.05, 0) is 54.0 Å². The van der Waals surface area contributed by atoms with Gasteiger partial charge in [-0.1, -0.05) is 83.1 Å². The molecule has 0 bridgehead atoms. The number of halogens is 4. The number of ketones is 2. The number of H-pyrrole nitrogens is 1. The Labute approximate surface area is 318 Å². The Morgan fingerprint density at radius 1 is 1.00 bits per heavy atom. The van der Waals surface area contributed by atoms with E-state index in [1.807, 2.05) is 40.0 Å². The predicted molar refractivity (Wildman–Crippen MR) is 204 cm³/mol. The highest BCUT2D eigenvalue weighted by atomic mass is 32.1. The Morgan fingerprint density at radius 2 is 1.72 bits per heavy atom. The number of aryl methyl sites for hydroxylation is 1. The molecule has 0 saturated heterocycles. The van der Waals surface area contributed by atoms with Crippen LogP contribution in [0.3, 0.4) is 0 Å². The van der Waals surface area contributed by atoms with E-state index in [1.165, 1.54) is 24.3 Å². The molecule has 0 saturated carbocycles. The van der Waals surface area contributed by atoms with E-state index >= 15 is 0 Å². The maximum absolute atomic E-state index is 14.9. The van der Waals surface area contributed by atoms with Gasteiger partial charge in [-0.25, -0.2) is 4.39 Å². The summed E-state index contributed by atoms with van der Waals surface area (Å²) < 4.78 is 58.5. The molecule has 2 unspecified atom stereocenters. The summed E-state index contributed by atoms with van der Waals surface area (Å²) in [7, 11) is 0. The van der Waals surface area contributed by atoms with Gasteiger partial charge in [0.1, 0.15) is 17.1 Å². The van der Waals surface area contributed by atoms with Crippen molar-refractivity contribution in [2.75, 3.05) is 6.54 Å². The third-order valence-corrected chi connectivity index (χ3v) is 11.7. The number of nitrogens with one attached hydrogen (secondary N) is 3. The van der Waals surface area contributed by atoms with Gasteiger partial charge in [0.2, 0.25) is 5.91 Å². The summed E-state index contributed by atoms with van der Waals surface area (Å²) in [6.45, 7) is 8.84. The van der Waals surface area contributed by atoms with Crippen LogP contribution < -0.4 is 10.6 Å². The molecular formula is C41H49F4N5O3S. The third kappa shape index (κ3) is 9.27. The molecule has 0 fully saturated rings. The van der Waals surface area contributed by atoms with E-state index in [4.69, 9.17) is 12.2 Å². The van der Waals surface area contributed by atoms with Crippen LogP contribution in [0.2, 0.25) is 0 Å². The van der Waals surface area contributed by atoms with E-state index in [1.54, 1.807) is 23.0 Å². The Bertz CT molecular complexity index is 1960. The summed E-state index contributed by atoms with van der Waals surface area (Å²) in [5, 5.41) is 11.0. The fraction of sp³-hybridized carbons (Fsp3) is 0.488. The van der Waals surface area contributed by atoms with E-state index in [2.05, 4.69) is 20.7 Å². The van der Waals surface area contributed by atoms with E-state index in [0.717, 1.165) is 12.5 Å². The van der Waals surface area contributed by atoms with Crippen LogP contribution in [0.25, 0.3) is 10.9 Å². The average Bonchev–Trinajstić information content (AvgIpc) is 3.80. The molecule has 54 heavy (non-hydrogen) atoms. The van der Waals surface area contributed by atoms with Crippen LogP contribution in [0.5, 0.6) is 0 Å². The second kappa shape index (κ2) is 17.4. The van der Waals surface area contributed by atoms with Gasteiger partial charge in [-0.3, -0.25) is 19.1 Å². The number of amides is 1. The van der Waals surface area contributed by atoms with Crippen molar-refractivity contribution in [3.8, 4) is 0 Å². The highest BCUT2D eigenvalue weighted by Gasteiger charge is 2.46. The lowest BCUT2D eigenvalue weighted by atomic mass is 9.72. The van der Waals surface area contributed by atoms with Crippen LogP contribution in [-0.2, 0) is 46.4 Å². The molecule has 1 aliphatic carbocycles. The Balaban J connectivity index is 1.47. The van der Waals surface area contributed by atoms with Gasteiger partial charge in [0, 0.05) is 67.5 Å². The molecule has 2 aromatic carbocycles. The smallest absolute Gasteiger partial charge is 0.378 e. The first-order chi connectivity index (χ1) is 25.7. The number of thiocarbonyl (C=S) groups is 1. The van der Waals surface area contributed by atoms with Crippen molar-refractivity contribution < 1.29 is 31.9 Å². The number of nitrogens with zero attached hydrogens (tertiary/aromatic N) is 2. The first kappa shape index (κ1) is 40.8. The van der Waals surface area contributed by atoms with Crippen LogP contribution in [0, 0.1) is 29.5 Å². The summed E-state index contributed by atoms with van der Waals surface area (Å²) in [4.78, 5) is 46.2. The van der Waals surface area contributed by atoms with Gasteiger partial charge in [-0.15, -0.1) is 0 Å². The summed E-state index contributed by atoms with van der Waals surface area (Å²) in [6, 6.07) is 11.8. The highest BCUT2D eigenvalue weighted by Crippen LogP contribution is 2.41. The lowest BCUT2D eigenvalue weighted by molar-refractivity contribution is -0.137. The topological polar surface area (TPSA) is 109 Å². The number of alkyl halides is 3. The maximum atomic E-state index is 14.9. The van der Waals surface area contributed by atoms with Crippen LogP contribution >= 0.6 is 12.2 Å². The number of para-hydroxylation sites is 1. The Morgan fingerprint density at radius 3 is 2.39 bits per heavy atom. The molecular weight excluding hydrogens is 719 g/mol. The van der Waals surface area contributed by atoms with Crippen LogP contribution in [-0.4, -0.2) is 49.3 Å². The first-order valence-electron chi connectivity index (χ1n) is 18.7. The minimum atomic E-state index is -4.60. The second-order valence-electron chi connectivity index (χ2n) is 14.7. The van der Waals surface area contributed by atoms with Crippen LogP contribution in [0.1, 0.15) is 82.2 Å². The number of rotatable bonds is 17. The molecule has 0 aliphatic heterocycles. The van der Waals surface area contributed by atoms with Gasteiger partial charge in [-0.2, -0.15) is 18.3 Å². The first-order valence-corrected chi connectivity index (χ1v) is 19.1. The number of aromatic nitrogens is 3. The van der Waals surface area contributed by atoms with Crippen molar-refractivity contribution in [1.29, 1.82) is 0 Å². The maximum Gasteiger partial charge on any atom is 0.418 e. The molecule has 5 rings (SSSR count). The molecule has 13 heteroatoms. The zero-order valence-corrected chi connectivity index (χ0v) is 32.0. The number of carbonyl (C=O) groups excluding carboxylic acids is 3. The summed E-state index contributed by atoms with van der Waals surface area (Å²) in [5.41, 5.74) is -0.965. The molecule has 2 aromatic heterocycles. The van der Waals surface area contributed by atoms with Crippen molar-refractivity contribution in [3.63, 3.8) is 0 Å². The molecule has 0 spiro atoms. The summed E-state index contributed by atoms with van der Waals surface area (Å²) in [6.07, 6.45) is 0.194. The number of fused-ring (bicyclic) bond motifs is 3. The number of hydrogen-bond acceptors (Lipinski definition) is 5. The molecule has 290 valence electrons. The standard InChI is InChI=1S/C41H49F4N5O3S/c1-5-25(3)30(22-28(51)21-27-11-7-8-14-34(27)42)38(53)49-40(16-15-35-32(24-40)29-12-9-13-33(37(29)48-35)41(43,44)45)36(52)23-31(26(4)6-2)39(54)46-18-20-50-19-10-17-47-50/h7-14,17,19,25-26,30-31,48H,5-6,15-16,18,20-24H2,1-4H3,(H,46,54)(H,49,53)/t25?,26?,30-,31-,40+/m0/s1. The molecule has 8 nitrogen and oxygen atoms in total. The van der Waals surface area contributed by atoms with E-state index < -0.39 is 34.9 Å². The molecule has 4 aromatic rings. The van der Waals surface area contributed by atoms with Crippen LogP contribution in [0.15, 0.2) is 60.9 Å². The van der Waals surface area contributed by atoms with Gasteiger partial charge >= 0.3 is 6.18 Å². The lowest BCUT2D eigenvalue weighted by Crippen LogP contribution is -2.60. The highest BCUT2D eigenvalue weighted by molar-refractivity contribution is 7.80. The number of benzene rings is 2. The molecule has 5 atom stereocenters. The minimum Gasteiger partial charge on any atom is -0.378 e. The summed E-state index contributed by atoms with van der Waals surface area (Å²) in [5.74, 6) is -3.04. The lowest BCUT2D eigenvalue weighted by Gasteiger charge is -2.40. The van der Waals surface area contributed by atoms with Gasteiger partial charge < -0.3 is 15.6 Å². The predicted octanol–water partition coefficient (Wildman–Crippen LogP) is 7.97. The summed E-state index contributed by atoms with van der Waals surface area (Å²) >= 11 is 5.86. The van der Waals surface area contributed by atoms with E-state index in [9.17, 15) is 31.9 Å². The van der Waals surface area contributed by atoms with Crippen molar-refractivity contribution >= 4 is 45.6 Å². The third-order valence-electron chi connectivity index (χ3n) is 11.2. The minimum absolute atomic E-state index is 0.00291. The quantitative estimate of drug-likeness (QED) is 0.0744. The average molecular weight is 768 g/mol. The molecule has 0 radical (unpaired) electrons. The van der Waals surface area contributed by atoms with Crippen molar-refractivity contribution in [2.45, 2.75) is 97.3 Å². The normalized spacial score (nSPS) is 18.0. The Hall–Kier alpha value is -4.39. The van der Waals surface area contributed by atoms with Gasteiger partial charge in [0.15, 0.2) is 5.78 Å². The SMILES string of the molecule is CCC(C)[C@H](CC(=O)Cc1ccccc1F)C(=O)N[C@]1(C(=O)C[C@H](C(=S)NCCn2cccn2)C(C)CC)CCc2[nH]c3c(C(F)(F)F)cccc3c2C1. The number of aromatic amines is 1. The van der Waals surface area contributed by atoms with Crippen LogP contribution in [0.4, 0.5) is 17.6 Å². The molecule has 1 amide bonds. The number of carbonyl (C=O) groups is 3. The molecule has 1 aliphatic rings. The monoisotopic (exact) mass is 767 g/mol. The largest absolute Gasteiger partial charge is 0.418 e. The second-order valence-corrected chi connectivity index (χ2v) is 15.2. The van der Waals surface area contributed by atoms with Crippen molar-refractivity contribution in [1.82, 2.24) is 25.4 Å². The zero-order valence-electron chi connectivity index (χ0n) is 31.2.